The van der Waals surface area contributed by atoms with E-state index in [1.54, 1.807) is 18.2 Å². The average molecular weight is 524 g/mol. The van der Waals surface area contributed by atoms with Crippen molar-refractivity contribution in [1.82, 2.24) is 14.9 Å². The molecule has 1 aliphatic rings. The number of ether oxygens (including phenoxy) is 1. The van der Waals surface area contributed by atoms with Crippen LogP contribution in [0.3, 0.4) is 0 Å². The number of benzene rings is 1. The molecular formula is C23H24F3N5O4S. The lowest BCUT2D eigenvalue weighted by atomic mass is 9.89. The fourth-order valence-electron chi connectivity index (χ4n) is 4.23. The van der Waals surface area contributed by atoms with Gasteiger partial charge in [0.2, 0.25) is 5.88 Å². The van der Waals surface area contributed by atoms with Crippen molar-refractivity contribution in [2.75, 3.05) is 19.0 Å². The second kappa shape index (κ2) is 9.99. The minimum atomic E-state index is -4.54. The molecule has 192 valence electrons. The van der Waals surface area contributed by atoms with E-state index in [1.807, 2.05) is 6.92 Å². The smallest absolute Gasteiger partial charge is 0.443 e. The highest BCUT2D eigenvalue weighted by Gasteiger charge is 2.36. The lowest BCUT2D eigenvalue weighted by Crippen LogP contribution is -2.46. The fraction of sp³-hybridized carbons (Fsp3) is 0.391. The minimum absolute atomic E-state index is 0.0744. The van der Waals surface area contributed by atoms with Gasteiger partial charge >= 0.3 is 18.0 Å². The van der Waals surface area contributed by atoms with Gasteiger partial charge in [-0.15, -0.1) is 11.3 Å². The molecule has 0 spiro atoms. The van der Waals surface area contributed by atoms with Crippen molar-refractivity contribution in [3.8, 4) is 5.88 Å². The molecule has 1 aliphatic heterocycles. The molecule has 36 heavy (non-hydrogen) atoms. The predicted octanol–water partition coefficient (Wildman–Crippen LogP) is 3.61. The molecule has 3 aromatic rings. The van der Waals surface area contributed by atoms with E-state index in [9.17, 15) is 27.9 Å². The normalized spacial score (nSPS) is 19.2. The number of nitrogens with one attached hydrogen (secondary N) is 1. The Hall–Kier alpha value is -3.29. The maximum absolute atomic E-state index is 13.2. The van der Waals surface area contributed by atoms with Crippen LogP contribution in [-0.4, -0.2) is 45.4 Å². The number of aromatic nitrogens is 2. The van der Waals surface area contributed by atoms with Gasteiger partial charge in [0.1, 0.15) is 6.23 Å². The number of rotatable bonds is 4. The second-order valence-electron chi connectivity index (χ2n) is 8.62. The van der Waals surface area contributed by atoms with Gasteiger partial charge in [-0.05, 0) is 42.5 Å². The Morgan fingerprint density at radius 1 is 1.31 bits per heavy atom. The molecule has 2 amide bonds. The molecular weight excluding hydrogens is 499 g/mol. The van der Waals surface area contributed by atoms with Crippen LogP contribution in [0.4, 0.5) is 18.9 Å². The fourth-order valence-corrected chi connectivity index (χ4v) is 5.04. The number of piperidine rings is 1. The lowest BCUT2D eigenvalue weighted by Gasteiger charge is -2.38. The Morgan fingerprint density at radius 2 is 2.06 bits per heavy atom. The zero-order valence-electron chi connectivity index (χ0n) is 19.4. The van der Waals surface area contributed by atoms with Gasteiger partial charge in [-0.25, -0.2) is 9.97 Å². The first kappa shape index (κ1) is 25.8. The highest BCUT2D eigenvalue weighted by atomic mass is 32.1. The standard InChI is InChI=1S/C23H24F3N5O4S/c1-11-3-5-16(12-4-6-17-15(7-12)30-22(36-17)23(24,25)26)31(10-11)21(34)19(33)29-13-8-14(18(27)32)20(35-2)28-9-13/h4,6-9,11,16,18,32H,3,5,10,27H2,1-2H3,(H,29,33)/t11-,16+,18?/m0/s1. The summed E-state index contributed by atoms with van der Waals surface area (Å²) in [5.41, 5.74) is 6.57. The molecule has 3 heterocycles. The van der Waals surface area contributed by atoms with Crippen molar-refractivity contribution in [3.05, 3.63) is 46.6 Å². The molecule has 3 atom stereocenters. The molecule has 2 aromatic heterocycles. The number of carbonyl (C=O) groups is 2. The van der Waals surface area contributed by atoms with E-state index in [0.29, 0.717) is 34.6 Å². The number of pyridine rings is 1. The number of amides is 2. The molecule has 0 saturated carbocycles. The summed E-state index contributed by atoms with van der Waals surface area (Å²) in [5.74, 6) is -1.52. The maximum atomic E-state index is 13.2. The number of halogens is 3. The van der Waals surface area contributed by atoms with E-state index >= 15 is 0 Å². The first-order valence-electron chi connectivity index (χ1n) is 11.0. The first-order chi connectivity index (χ1) is 17.0. The molecule has 0 bridgehead atoms. The molecule has 0 aliphatic carbocycles. The van der Waals surface area contributed by atoms with Gasteiger partial charge < -0.3 is 25.8 Å². The number of alkyl halides is 3. The Balaban J connectivity index is 1.58. The molecule has 0 radical (unpaired) electrons. The highest BCUT2D eigenvalue weighted by molar-refractivity contribution is 7.18. The van der Waals surface area contributed by atoms with Gasteiger partial charge in [0.05, 0.1) is 40.8 Å². The van der Waals surface area contributed by atoms with Crippen LogP contribution in [0.25, 0.3) is 10.2 Å². The molecule has 1 unspecified atom stereocenters. The van der Waals surface area contributed by atoms with Crippen molar-refractivity contribution >= 4 is 39.1 Å². The number of nitrogens with zero attached hydrogens (tertiary/aromatic N) is 3. The number of aliphatic hydroxyl groups is 1. The van der Waals surface area contributed by atoms with Crippen LogP contribution < -0.4 is 15.8 Å². The summed E-state index contributed by atoms with van der Waals surface area (Å²) < 4.78 is 44.7. The Kier molecular flexibility index (Phi) is 7.16. The SMILES string of the molecule is COc1ncc(NC(=O)C(=O)N2C[C@@H](C)CC[C@@H]2c2ccc3sc(C(F)(F)F)nc3c2)cc1C(N)O. The third-order valence-corrected chi connectivity index (χ3v) is 7.04. The minimum Gasteiger partial charge on any atom is -0.481 e. The van der Waals surface area contributed by atoms with Crippen LogP contribution in [0.15, 0.2) is 30.5 Å². The predicted molar refractivity (Wildman–Crippen MR) is 126 cm³/mol. The first-order valence-corrected chi connectivity index (χ1v) is 11.9. The Bertz CT molecular complexity index is 1300. The van der Waals surface area contributed by atoms with Crippen LogP contribution in [-0.2, 0) is 15.8 Å². The van der Waals surface area contributed by atoms with E-state index in [4.69, 9.17) is 10.5 Å². The maximum Gasteiger partial charge on any atom is 0.443 e. The van der Waals surface area contributed by atoms with Gasteiger partial charge in [-0.1, -0.05) is 13.0 Å². The summed E-state index contributed by atoms with van der Waals surface area (Å²) in [4.78, 5) is 35.2. The molecule has 1 fully saturated rings. The summed E-state index contributed by atoms with van der Waals surface area (Å²) in [6.07, 6.45) is -3.37. The van der Waals surface area contributed by atoms with Crippen LogP contribution in [0.2, 0.25) is 0 Å². The van der Waals surface area contributed by atoms with Crippen molar-refractivity contribution in [2.24, 2.45) is 11.7 Å². The number of methoxy groups -OCH3 is 1. The van der Waals surface area contributed by atoms with Gasteiger partial charge in [-0.3, -0.25) is 9.59 Å². The topological polar surface area (TPSA) is 131 Å². The second-order valence-corrected chi connectivity index (χ2v) is 9.65. The van der Waals surface area contributed by atoms with E-state index in [1.165, 1.54) is 24.3 Å². The lowest BCUT2D eigenvalue weighted by molar-refractivity contribution is -0.146. The van der Waals surface area contributed by atoms with E-state index < -0.39 is 35.3 Å². The summed E-state index contributed by atoms with van der Waals surface area (Å²) in [6.45, 7) is 2.25. The van der Waals surface area contributed by atoms with E-state index in [-0.39, 0.29) is 28.6 Å². The molecule has 1 aromatic carbocycles. The third-order valence-electron chi connectivity index (χ3n) is 5.96. The van der Waals surface area contributed by atoms with Gasteiger partial charge in [0, 0.05) is 6.54 Å². The largest absolute Gasteiger partial charge is 0.481 e. The number of nitrogens with two attached hydrogens (primary N) is 1. The number of aliphatic hydroxyl groups excluding tert-OH is 1. The third kappa shape index (κ3) is 5.27. The zero-order chi connectivity index (χ0) is 26.2. The number of hydrogen-bond acceptors (Lipinski definition) is 8. The van der Waals surface area contributed by atoms with Crippen LogP contribution >= 0.6 is 11.3 Å². The highest BCUT2D eigenvalue weighted by Crippen LogP contribution is 2.38. The Morgan fingerprint density at radius 3 is 2.72 bits per heavy atom. The van der Waals surface area contributed by atoms with Crippen molar-refractivity contribution in [3.63, 3.8) is 0 Å². The Labute approximate surface area is 208 Å². The number of carbonyl (C=O) groups excluding carboxylic acids is 2. The summed E-state index contributed by atoms with van der Waals surface area (Å²) >= 11 is 0.557. The summed E-state index contributed by atoms with van der Waals surface area (Å²) in [5, 5.41) is 11.3. The van der Waals surface area contributed by atoms with Crippen molar-refractivity contribution < 1.29 is 32.6 Å². The molecule has 4 N–H and O–H groups in total. The number of hydrogen-bond donors (Lipinski definition) is 3. The number of anilines is 1. The summed E-state index contributed by atoms with van der Waals surface area (Å²) in [7, 11) is 1.35. The zero-order valence-corrected chi connectivity index (χ0v) is 20.2. The monoisotopic (exact) mass is 523 g/mol. The number of likely N-dealkylation sites (tertiary alicyclic amines) is 1. The van der Waals surface area contributed by atoms with Crippen LogP contribution in [0, 0.1) is 5.92 Å². The van der Waals surface area contributed by atoms with Gasteiger partial charge in [0.15, 0.2) is 5.01 Å². The van der Waals surface area contributed by atoms with Gasteiger partial charge in [-0.2, -0.15) is 13.2 Å². The van der Waals surface area contributed by atoms with Crippen LogP contribution in [0.1, 0.15) is 48.2 Å². The quantitative estimate of drug-likeness (QED) is 0.352. The molecule has 9 nitrogen and oxygen atoms in total. The number of fused-ring (bicyclic) bond motifs is 1. The van der Waals surface area contributed by atoms with E-state index in [0.717, 1.165) is 6.42 Å². The molecule has 1 saturated heterocycles. The molecule has 13 heteroatoms. The van der Waals surface area contributed by atoms with Crippen molar-refractivity contribution in [1.29, 1.82) is 0 Å². The summed E-state index contributed by atoms with van der Waals surface area (Å²) in [6, 6.07) is 5.62. The number of thiazole rings is 1. The van der Waals surface area contributed by atoms with Crippen LogP contribution in [0.5, 0.6) is 5.88 Å². The molecule has 4 rings (SSSR count). The average Bonchev–Trinajstić information content (AvgIpc) is 3.27. The van der Waals surface area contributed by atoms with E-state index in [2.05, 4.69) is 15.3 Å². The van der Waals surface area contributed by atoms with Crippen molar-refractivity contribution in [2.45, 2.75) is 38.2 Å². The van der Waals surface area contributed by atoms with Gasteiger partial charge in [0.25, 0.3) is 0 Å².